The lowest BCUT2D eigenvalue weighted by atomic mass is 9.99. The van der Waals surface area contributed by atoms with Crippen molar-refractivity contribution in [1.29, 1.82) is 0 Å². The van der Waals surface area contributed by atoms with Crippen LogP contribution in [0, 0.1) is 13.8 Å². The molecule has 1 atom stereocenters. The highest BCUT2D eigenvalue weighted by molar-refractivity contribution is 7.80. The first-order chi connectivity index (χ1) is 11.3. The van der Waals surface area contributed by atoms with Gasteiger partial charge in [0.05, 0.1) is 6.61 Å². The van der Waals surface area contributed by atoms with Crippen LogP contribution in [0.3, 0.4) is 0 Å². The van der Waals surface area contributed by atoms with Crippen molar-refractivity contribution >= 4 is 29.0 Å². The first-order valence-corrected chi connectivity index (χ1v) is 8.19. The average Bonchev–Trinajstić information content (AvgIpc) is 2.53. The molecule has 0 saturated heterocycles. The Morgan fingerprint density at radius 2 is 1.92 bits per heavy atom. The number of ketones is 1. The van der Waals surface area contributed by atoms with E-state index < -0.39 is 0 Å². The van der Waals surface area contributed by atoms with Gasteiger partial charge in [-0.2, -0.15) is 0 Å². The number of aryl methyl sites for hydroxylation is 2. The van der Waals surface area contributed by atoms with Crippen molar-refractivity contribution in [3.05, 3.63) is 34.9 Å². The molecule has 0 bridgehead atoms. The Labute approximate surface area is 148 Å². The number of Topliss-reactive ketones (excluding diaryl/α,β-unsaturated/α-hetero) is 1. The van der Waals surface area contributed by atoms with Crippen LogP contribution in [0.15, 0.2) is 18.2 Å². The highest BCUT2D eigenvalue weighted by Gasteiger charge is 2.12. The lowest BCUT2D eigenvalue weighted by Gasteiger charge is -2.16. The summed E-state index contributed by atoms with van der Waals surface area (Å²) < 4.78 is 4.98. The van der Waals surface area contributed by atoms with Crippen molar-refractivity contribution in [2.24, 2.45) is 0 Å². The van der Waals surface area contributed by atoms with E-state index in [9.17, 15) is 9.59 Å². The number of carbonyl (C=O) groups is 2. The number of ether oxygens (including phenoxy) is 1. The molecule has 0 saturated carbocycles. The second-order valence-electron chi connectivity index (χ2n) is 5.74. The summed E-state index contributed by atoms with van der Waals surface area (Å²) in [6, 6.07) is 5.75. The predicted molar refractivity (Wildman–Crippen MR) is 97.8 cm³/mol. The fourth-order valence-electron chi connectivity index (χ4n) is 2.14. The van der Waals surface area contributed by atoms with Crippen LogP contribution in [-0.4, -0.2) is 36.6 Å². The summed E-state index contributed by atoms with van der Waals surface area (Å²) in [4.78, 5) is 24.0. The molecule has 0 unspecified atom stereocenters. The first-order valence-electron chi connectivity index (χ1n) is 7.78. The third kappa shape index (κ3) is 7.06. The van der Waals surface area contributed by atoms with Gasteiger partial charge in [0.15, 0.2) is 10.9 Å². The highest BCUT2D eigenvalue weighted by Crippen LogP contribution is 2.13. The third-order valence-corrected chi connectivity index (χ3v) is 3.60. The summed E-state index contributed by atoms with van der Waals surface area (Å²) >= 11 is 5.05. The Balaban J connectivity index is 2.37. The average molecular weight is 351 g/mol. The zero-order valence-electron chi connectivity index (χ0n) is 14.6. The highest BCUT2D eigenvalue weighted by atomic mass is 32.1. The molecule has 1 rings (SSSR count). The molecule has 0 radical (unpaired) electrons. The van der Waals surface area contributed by atoms with Crippen LogP contribution >= 0.6 is 12.2 Å². The topological polar surface area (TPSA) is 79.5 Å². The molecule has 1 aromatic rings. The van der Waals surface area contributed by atoms with Crippen molar-refractivity contribution in [1.82, 2.24) is 16.2 Å². The summed E-state index contributed by atoms with van der Waals surface area (Å²) in [5.74, 6) is -0.335. The summed E-state index contributed by atoms with van der Waals surface area (Å²) in [6.07, 6.45) is 0.244. The van der Waals surface area contributed by atoms with Gasteiger partial charge in [0.25, 0.3) is 0 Å². The number of hydrogen-bond donors (Lipinski definition) is 3. The molecule has 0 spiro atoms. The maximum Gasteiger partial charge on any atom is 0.238 e. The molecule has 0 heterocycles. The molecule has 6 nitrogen and oxygen atoms in total. The number of thiocarbonyl (C=S) groups is 1. The largest absolute Gasteiger partial charge is 0.383 e. The fraction of sp³-hybridized carbons (Fsp3) is 0.471. The van der Waals surface area contributed by atoms with Crippen LogP contribution in [0.25, 0.3) is 0 Å². The van der Waals surface area contributed by atoms with Gasteiger partial charge in [-0.25, -0.2) is 0 Å². The zero-order chi connectivity index (χ0) is 18.1. The van der Waals surface area contributed by atoms with Crippen LogP contribution < -0.4 is 16.2 Å². The monoisotopic (exact) mass is 351 g/mol. The van der Waals surface area contributed by atoms with Gasteiger partial charge in [0, 0.05) is 31.6 Å². The second kappa shape index (κ2) is 10.00. The number of hydrazine groups is 1. The predicted octanol–water partition coefficient (Wildman–Crippen LogP) is 1.80. The van der Waals surface area contributed by atoms with Gasteiger partial charge in [0.2, 0.25) is 5.91 Å². The molecular weight excluding hydrogens is 326 g/mol. The number of carbonyl (C=O) groups excluding carboxylic acids is 2. The number of rotatable bonds is 7. The number of hydrogen-bond acceptors (Lipinski definition) is 4. The molecule has 0 fully saturated rings. The minimum absolute atomic E-state index is 0.0257. The van der Waals surface area contributed by atoms with Gasteiger partial charge in [-0.3, -0.25) is 20.4 Å². The smallest absolute Gasteiger partial charge is 0.238 e. The van der Waals surface area contributed by atoms with E-state index in [1.807, 2.05) is 39.0 Å². The van der Waals surface area contributed by atoms with E-state index in [1.165, 1.54) is 0 Å². The van der Waals surface area contributed by atoms with Gasteiger partial charge in [0.1, 0.15) is 0 Å². The van der Waals surface area contributed by atoms with E-state index in [0.717, 1.165) is 11.1 Å². The van der Waals surface area contributed by atoms with E-state index in [1.54, 1.807) is 7.11 Å². The van der Waals surface area contributed by atoms with Gasteiger partial charge >= 0.3 is 0 Å². The normalized spacial score (nSPS) is 11.5. The number of methoxy groups -OCH3 is 1. The molecule has 24 heavy (non-hydrogen) atoms. The molecule has 0 aliphatic carbocycles. The van der Waals surface area contributed by atoms with Crippen LogP contribution in [0.2, 0.25) is 0 Å². The molecule has 7 heteroatoms. The second-order valence-corrected chi connectivity index (χ2v) is 6.15. The number of benzene rings is 1. The Bertz CT molecular complexity index is 605. The van der Waals surface area contributed by atoms with Crippen LogP contribution in [0.1, 0.15) is 41.3 Å². The zero-order valence-corrected chi connectivity index (χ0v) is 15.4. The molecule has 132 valence electrons. The molecule has 1 amide bonds. The van der Waals surface area contributed by atoms with Crippen molar-refractivity contribution in [3.8, 4) is 0 Å². The van der Waals surface area contributed by atoms with Crippen LogP contribution in [0.4, 0.5) is 0 Å². The number of amides is 1. The quantitative estimate of drug-likeness (QED) is 0.395. The number of nitrogens with one attached hydrogen (secondary N) is 3. The summed E-state index contributed by atoms with van der Waals surface area (Å²) in [6.45, 7) is 6.23. The van der Waals surface area contributed by atoms with Crippen molar-refractivity contribution in [2.45, 2.75) is 39.7 Å². The van der Waals surface area contributed by atoms with Crippen LogP contribution in [0.5, 0.6) is 0 Å². The maximum atomic E-state index is 12.2. The van der Waals surface area contributed by atoms with E-state index >= 15 is 0 Å². The lowest BCUT2D eigenvalue weighted by molar-refractivity contribution is -0.121. The van der Waals surface area contributed by atoms with Crippen molar-refractivity contribution < 1.29 is 14.3 Å². The summed E-state index contributed by atoms with van der Waals surface area (Å²) in [7, 11) is 1.60. The van der Waals surface area contributed by atoms with E-state index in [0.29, 0.717) is 17.3 Å². The minimum atomic E-state index is -0.294. The van der Waals surface area contributed by atoms with E-state index in [4.69, 9.17) is 17.0 Å². The van der Waals surface area contributed by atoms with E-state index in [2.05, 4.69) is 16.2 Å². The van der Waals surface area contributed by atoms with Crippen molar-refractivity contribution in [3.63, 3.8) is 0 Å². The molecule has 0 aliphatic rings. The molecule has 3 N–H and O–H groups in total. The Hall–Kier alpha value is -1.99. The first kappa shape index (κ1) is 20.1. The van der Waals surface area contributed by atoms with Gasteiger partial charge in [-0.15, -0.1) is 0 Å². The Morgan fingerprint density at radius 3 is 2.58 bits per heavy atom. The third-order valence-electron chi connectivity index (χ3n) is 3.38. The summed E-state index contributed by atoms with van der Waals surface area (Å²) in [5, 5.41) is 3.25. The fourth-order valence-corrected chi connectivity index (χ4v) is 2.39. The Morgan fingerprint density at radius 1 is 1.21 bits per heavy atom. The minimum Gasteiger partial charge on any atom is -0.383 e. The maximum absolute atomic E-state index is 12.2. The van der Waals surface area contributed by atoms with E-state index in [-0.39, 0.29) is 30.6 Å². The molecule has 0 aliphatic heterocycles. The standard InChI is InChI=1S/C17H25N3O3S/c1-11-5-6-12(2)14(9-11)15(21)7-8-16(22)19-20-17(24)18-13(3)10-23-4/h5-6,9,13H,7-8,10H2,1-4H3,(H,19,22)(H2,18,20,24)/t13-/m0/s1. The molecular formula is C17H25N3O3S. The molecule has 0 aromatic heterocycles. The van der Waals surface area contributed by atoms with Crippen LogP contribution in [-0.2, 0) is 9.53 Å². The lowest BCUT2D eigenvalue weighted by Crippen LogP contribution is -2.49. The summed E-state index contributed by atoms with van der Waals surface area (Å²) in [5.41, 5.74) is 7.70. The molecule has 1 aromatic carbocycles. The Kier molecular flexibility index (Phi) is 8.35. The van der Waals surface area contributed by atoms with Gasteiger partial charge in [-0.05, 0) is 44.6 Å². The van der Waals surface area contributed by atoms with Gasteiger partial charge < -0.3 is 10.1 Å². The van der Waals surface area contributed by atoms with Gasteiger partial charge in [-0.1, -0.05) is 17.7 Å². The van der Waals surface area contributed by atoms with Crippen molar-refractivity contribution in [2.75, 3.05) is 13.7 Å². The SMILES string of the molecule is COC[C@H](C)NC(=S)NNC(=O)CCC(=O)c1cc(C)ccc1C.